The van der Waals surface area contributed by atoms with Crippen LogP contribution in [0.5, 0.6) is 0 Å². The molecule has 5 N–H and O–H groups in total. The van der Waals surface area contributed by atoms with Crippen LogP contribution in [-0.2, 0) is 9.47 Å². The quantitative estimate of drug-likeness (QED) is 0.506. The monoisotopic (exact) mass is 297 g/mol. The Labute approximate surface area is 118 Å². The Morgan fingerprint density at radius 2 is 2.38 bits per heavy atom. The highest BCUT2D eigenvalue weighted by atomic mass is 16.6. The van der Waals surface area contributed by atoms with Crippen LogP contribution in [0.3, 0.4) is 0 Å². The Bertz CT molecular complexity index is 713. The van der Waals surface area contributed by atoms with Gasteiger partial charge in [0.1, 0.15) is 18.3 Å². The SMILES string of the molecule is CO[C@H]1[C@@H](O)[C@@H](n2cnc3c(=O)[nH]c(N)nc32)O[C@@H]1CO. The van der Waals surface area contributed by atoms with Gasteiger partial charge in [-0.25, -0.2) is 4.98 Å². The van der Waals surface area contributed by atoms with E-state index in [9.17, 15) is 15.0 Å². The summed E-state index contributed by atoms with van der Waals surface area (Å²) in [6, 6.07) is 0. The molecule has 1 aliphatic rings. The first-order valence-electron chi connectivity index (χ1n) is 6.26. The maximum absolute atomic E-state index is 11.7. The van der Waals surface area contributed by atoms with Crippen molar-refractivity contribution in [2.45, 2.75) is 24.5 Å². The van der Waals surface area contributed by atoms with Crippen molar-refractivity contribution in [3.63, 3.8) is 0 Å². The third-order valence-electron chi connectivity index (χ3n) is 3.49. The van der Waals surface area contributed by atoms with Crippen molar-refractivity contribution in [2.24, 2.45) is 0 Å². The summed E-state index contributed by atoms with van der Waals surface area (Å²) in [4.78, 5) is 22.0. The van der Waals surface area contributed by atoms with Crippen LogP contribution >= 0.6 is 0 Å². The molecule has 3 heterocycles. The highest BCUT2D eigenvalue weighted by molar-refractivity contribution is 5.70. The maximum Gasteiger partial charge on any atom is 0.280 e. The zero-order valence-corrected chi connectivity index (χ0v) is 11.1. The molecule has 2 aromatic rings. The van der Waals surface area contributed by atoms with Gasteiger partial charge in [-0.3, -0.25) is 14.3 Å². The topological polar surface area (TPSA) is 149 Å². The molecule has 10 nitrogen and oxygen atoms in total. The molecule has 0 radical (unpaired) electrons. The lowest BCUT2D eigenvalue weighted by atomic mass is 10.1. The van der Waals surface area contributed by atoms with E-state index in [0.717, 1.165) is 0 Å². The van der Waals surface area contributed by atoms with Crippen LogP contribution in [-0.4, -0.2) is 61.8 Å². The van der Waals surface area contributed by atoms with Crippen molar-refractivity contribution in [1.82, 2.24) is 19.5 Å². The van der Waals surface area contributed by atoms with Crippen LogP contribution in [0.2, 0.25) is 0 Å². The minimum Gasteiger partial charge on any atom is -0.394 e. The summed E-state index contributed by atoms with van der Waals surface area (Å²) in [5, 5.41) is 19.5. The Hall–Kier alpha value is -2.01. The number of H-pyrrole nitrogens is 1. The largest absolute Gasteiger partial charge is 0.394 e. The van der Waals surface area contributed by atoms with Gasteiger partial charge in [0, 0.05) is 7.11 Å². The first-order chi connectivity index (χ1) is 10.1. The van der Waals surface area contributed by atoms with Crippen LogP contribution in [0.4, 0.5) is 5.95 Å². The van der Waals surface area contributed by atoms with Crippen molar-refractivity contribution < 1.29 is 19.7 Å². The molecular formula is C11H15N5O5. The molecule has 0 saturated carbocycles. The molecule has 3 rings (SSSR count). The second-order valence-corrected chi connectivity index (χ2v) is 4.71. The van der Waals surface area contributed by atoms with Gasteiger partial charge in [0.2, 0.25) is 5.95 Å². The van der Waals surface area contributed by atoms with Gasteiger partial charge in [-0.2, -0.15) is 4.98 Å². The van der Waals surface area contributed by atoms with E-state index in [1.165, 1.54) is 18.0 Å². The second-order valence-electron chi connectivity index (χ2n) is 4.71. The number of aliphatic hydroxyl groups is 2. The van der Waals surface area contributed by atoms with Gasteiger partial charge in [0.05, 0.1) is 12.9 Å². The Kier molecular flexibility index (Phi) is 3.37. The predicted molar refractivity (Wildman–Crippen MR) is 70.4 cm³/mol. The number of aromatic amines is 1. The second kappa shape index (κ2) is 5.07. The van der Waals surface area contributed by atoms with E-state index in [1.807, 2.05) is 0 Å². The molecule has 0 spiro atoms. The van der Waals surface area contributed by atoms with Crippen LogP contribution in [0.15, 0.2) is 11.1 Å². The first kappa shape index (κ1) is 13.9. The van der Waals surface area contributed by atoms with Gasteiger partial charge in [-0.1, -0.05) is 0 Å². The van der Waals surface area contributed by atoms with Gasteiger partial charge in [-0.05, 0) is 0 Å². The lowest BCUT2D eigenvalue weighted by Crippen LogP contribution is -2.35. The molecule has 0 bridgehead atoms. The molecule has 1 saturated heterocycles. The minimum absolute atomic E-state index is 0.0660. The zero-order valence-electron chi connectivity index (χ0n) is 11.1. The number of ether oxygens (including phenoxy) is 2. The number of nitrogens with two attached hydrogens (primary N) is 1. The number of nitrogen functional groups attached to an aromatic ring is 1. The smallest absolute Gasteiger partial charge is 0.280 e. The van der Waals surface area contributed by atoms with Crippen LogP contribution in [0.1, 0.15) is 6.23 Å². The van der Waals surface area contributed by atoms with E-state index in [2.05, 4.69) is 15.0 Å². The van der Waals surface area contributed by atoms with Gasteiger partial charge < -0.3 is 25.4 Å². The van der Waals surface area contributed by atoms with Crippen LogP contribution < -0.4 is 11.3 Å². The van der Waals surface area contributed by atoms with Crippen LogP contribution in [0, 0.1) is 0 Å². The number of nitrogens with one attached hydrogen (secondary N) is 1. The number of anilines is 1. The molecule has 10 heteroatoms. The fourth-order valence-electron chi connectivity index (χ4n) is 2.52. The van der Waals surface area contributed by atoms with Gasteiger partial charge in [-0.15, -0.1) is 0 Å². The Balaban J connectivity index is 2.07. The molecule has 0 aliphatic carbocycles. The van der Waals surface area contributed by atoms with E-state index in [0.29, 0.717) is 0 Å². The number of fused-ring (bicyclic) bond motifs is 1. The van der Waals surface area contributed by atoms with Crippen molar-refractivity contribution in [2.75, 3.05) is 19.5 Å². The van der Waals surface area contributed by atoms with Crippen molar-refractivity contribution >= 4 is 17.1 Å². The highest BCUT2D eigenvalue weighted by Gasteiger charge is 2.45. The lowest BCUT2D eigenvalue weighted by molar-refractivity contribution is -0.0535. The van der Waals surface area contributed by atoms with Gasteiger partial charge in [0.15, 0.2) is 17.4 Å². The van der Waals surface area contributed by atoms with Gasteiger partial charge >= 0.3 is 0 Å². The van der Waals surface area contributed by atoms with Gasteiger partial charge in [0.25, 0.3) is 5.56 Å². The number of hydrogen-bond donors (Lipinski definition) is 4. The third-order valence-corrected chi connectivity index (χ3v) is 3.49. The highest BCUT2D eigenvalue weighted by Crippen LogP contribution is 2.32. The number of hydrogen-bond acceptors (Lipinski definition) is 8. The molecule has 21 heavy (non-hydrogen) atoms. The number of imidazole rings is 1. The average molecular weight is 297 g/mol. The first-order valence-corrected chi connectivity index (χ1v) is 6.26. The maximum atomic E-state index is 11.7. The fraction of sp³-hybridized carbons (Fsp3) is 0.545. The molecule has 114 valence electrons. The van der Waals surface area contributed by atoms with E-state index >= 15 is 0 Å². The Morgan fingerprint density at radius 1 is 1.62 bits per heavy atom. The lowest BCUT2D eigenvalue weighted by Gasteiger charge is -2.17. The fourth-order valence-corrected chi connectivity index (χ4v) is 2.52. The number of methoxy groups -OCH3 is 1. The summed E-state index contributed by atoms with van der Waals surface area (Å²) in [7, 11) is 1.41. The van der Waals surface area contributed by atoms with Crippen molar-refractivity contribution in [1.29, 1.82) is 0 Å². The van der Waals surface area contributed by atoms with Crippen molar-refractivity contribution in [3.05, 3.63) is 16.7 Å². The van der Waals surface area contributed by atoms with E-state index < -0.39 is 30.1 Å². The average Bonchev–Trinajstić information content (AvgIpc) is 2.99. The summed E-state index contributed by atoms with van der Waals surface area (Å²) >= 11 is 0. The summed E-state index contributed by atoms with van der Waals surface area (Å²) in [6.45, 7) is -0.311. The van der Waals surface area contributed by atoms with Crippen LogP contribution in [0.25, 0.3) is 11.2 Å². The molecule has 1 fully saturated rings. The number of rotatable bonds is 3. The minimum atomic E-state index is -1.05. The number of nitrogens with zero attached hydrogens (tertiary/aromatic N) is 3. The molecule has 0 aromatic carbocycles. The van der Waals surface area contributed by atoms with E-state index in [-0.39, 0.29) is 23.7 Å². The predicted octanol–water partition coefficient (Wildman–Crippen LogP) is -2.03. The molecule has 0 amide bonds. The third kappa shape index (κ3) is 2.08. The molecule has 4 atom stereocenters. The molecule has 2 aromatic heterocycles. The molecular weight excluding hydrogens is 282 g/mol. The van der Waals surface area contributed by atoms with E-state index in [4.69, 9.17) is 15.2 Å². The summed E-state index contributed by atoms with van der Waals surface area (Å²) in [6.07, 6.45) is -1.99. The summed E-state index contributed by atoms with van der Waals surface area (Å²) in [5.74, 6) is -0.0660. The Morgan fingerprint density at radius 3 is 3.00 bits per heavy atom. The number of aromatic nitrogens is 4. The molecule has 0 unspecified atom stereocenters. The normalized spacial score (nSPS) is 29.3. The summed E-state index contributed by atoms with van der Waals surface area (Å²) in [5.41, 5.74) is 5.31. The zero-order chi connectivity index (χ0) is 15.1. The molecule has 1 aliphatic heterocycles. The van der Waals surface area contributed by atoms with Crippen molar-refractivity contribution in [3.8, 4) is 0 Å². The standard InChI is InChI=1S/C11H15N5O5/c1-20-7-4(2-17)21-10(6(7)18)16-3-13-5-8(16)14-11(12)15-9(5)19/h3-4,6-7,10,17-18H,2H2,1H3,(H3,12,14,15,19)/t4-,6-,7-,10+/m1/s1. The summed E-state index contributed by atoms with van der Waals surface area (Å²) < 4.78 is 12.1. The number of aliphatic hydroxyl groups excluding tert-OH is 2. The van der Waals surface area contributed by atoms with E-state index in [1.54, 1.807) is 0 Å².